The third-order valence-corrected chi connectivity index (χ3v) is 13.9. The number of alkyl halides is 2. The van der Waals surface area contributed by atoms with Crippen LogP contribution in [0.1, 0.15) is 49.7 Å². The topological polar surface area (TPSA) is 40.6 Å². The highest BCUT2D eigenvalue weighted by Crippen LogP contribution is 2.53. The predicted octanol–water partition coefficient (Wildman–Crippen LogP) is 10.4. The van der Waals surface area contributed by atoms with E-state index in [1.165, 1.54) is 12.8 Å². The maximum absolute atomic E-state index is 13.0. The molecule has 2 aromatic rings. The zero-order valence-electron chi connectivity index (χ0n) is 27.2. The van der Waals surface area contributed by atoms with E-state index >= 15 is 0 Å². The Morgan fingerprint density at radius 3 is 1.43 bits per heavy atom. The number of carbonyl (C=O) groups is 2. The molecule has 0 spiro atoms. The van der Waals surface area contributed by atoms with E-state index in [-0.39, 0.29) is 22.3 Å². The van der Waals surface area contributed by atoms with Crippen LogP contribution in [-0.4, -0.2) is 58.3 Å². The van der Waals surface area contributed by atoms with Crippen LogP contribution < -0.4 is 0 Å². The number of benzene rings is 2. The number of nitrogens with zero attached hydrogens (tertiary/aromatic N) is 2. The molecule has 0 aromatic heterocycles. The Kier molecular flexibility index (Phi) is 12.2. The highest BCUT2D eigenvalue weighted by molar-refractivity contribution is 9.10. The molecule has 2 aromatic carbocycles. The van der Waals surface area contributed by atoms with Crippen molar-refractivity contribution in [3.8, 4) is 0 Å². The van der Waals surface area contributed by atoms with E-state index in [0.29, 0.717) is 0 Å². The van der Waals surface area contributed by atoms with Gasteiger partial charge in [0.1, 0.15) is 9.75 Å². The molecule has 49 heavy (non-hydrogen) atoms. The molecule has 2 amide bonds. The molecule has 0 radical (unpaired) electrons. The zero-order chi connectivity index (χ0) is 34.4. The maximum Gasteiger partial charge on any atom is 0.246 e. The number of hydrogen-bond acceptors (Lipinski definition) is 3. The van der Waals surface area contributed by atoms with Crippen molar-refractivity contribution in [2.75, 3.05) is 26.2 Å². The van der Waals surface area contributed by atoms with Crippen LogP contribution in [-0.2, 0) is 19.3 Å². The Hall–Kier alpha value is -2.29. The first kappa shape index (κ1) is 36.5. The Bertz CT molecular complexity index is 1620. The molecule has 2 saturated heterocycles. The van der Waals surface area contributed by atoms with E-state index in [1.54, 1.807) is 23.9 Å². The van der Waals surface area contributed by atoms with E-state index in [9.17, 15) is 9.59 Å². The quantitative estimate of drug-likeness (QED) is 0.196. The largest absolute Gasteiger partial charge is 0.339 e. The van der Waals surface area contributed by atoms with Gasteiger partial charge in [-0.05, 0) is 85.1 Å². The number of allylic oxidation sites excluding steroid dienone is 8. The van der Waals surface area contributed by atoms with Gasteiger partial charge >= 0.3 is 0 Å². The van der Waals surface area contributed by atoms with Gasteiger partial charge in [0.2, 0.25) is 11.8 Å². The van der Waals surface area contributed by atoms with E-state index < -0.39 is 9.75 Å². The van der Waals surface area contributed by atoms with E-state index in [0.717, 1.165) is 83.1 Å². The standard InChI is InChI=1S/C40H40Br2Cl2N2O2S/c41-33-13-5-3-11-31(33)39(43)27-29(17-21-37(47)45-23-7-1-8-24-45)15-19-35(39)49-36-20-16-30(18-22-38(48)46-25-9-2-10-26-46)28-40(36,44)32-12-4-6-14-34(32)42/h3-6,11-22,27-28,35-36H,1-2,7-10,23-26H2. The summed E-state index contributed by atoms with van der Waals surface area (Å²) in [6.07, 6.45) is 26.1. The molecule has 6 rings (SSSR count). The minimum atomic E-state index is -0.947. The van der Waals surface area contributed by atoms with Crippen molar-refractivity contribution in [2.24, 2.45) is 0 Å². The first-order valence-corrected chi connectivity index (χ1v) is 20.3. The normalized spacial score (nSPS) is 27.4. The summed E-state index contributed by atoms with van der Waals surface area (Å²) in [5.74, 6) is 0.0714. The first-order valence-electron chi connectivity index (χ1n) is 17.0. The number of amides is 2. The van der Waals surface area contributed by atoms with Crippen LogP contribution in [0.4, 0.5) is 0 Å². The fraction of sp³-hybridized carbons (Fsp3) is 0.350. The van der Waals surface area contributed by atoms with Crippen molar-refractivity contribution < 1.29 is 9.59 Å². The van der Waals surface area contributed by atoms with Gasteiger partial charge in [0.15, 0.2) is 0 Å². The van der Waals surface area contributed by atoms with E-state index in [2.05, 4.69) is 56.2 Å². The average molecular weight is 844 g/mol. The van der Waals surface area contributed by atoms with Crippen LogP contribution in [0.5, 0.6) is 0 Å². The fourth-order valence-electron chi connectivity index (χ4n) is 6.86. The van der Waals surface area contributed by atoms with E-state index in [4.69, 9.17) is 23.2 Å². The van der Waals surface area contributed by atoms with Gasteiger partial charge in [0, 0.05) is 47.3 Å². The van der Waals surface area contributed by atoms with Gasteiger partial charge in [-0.25, -0.2) is 0 Å². The Morgan fingerprint density at radius 2 is 1.04 bits per heavy atom. The molecule has 0 saturated carbocycles. The molecule has 256 valence electrons. The van der Waals surface area contributed by atoms with E-state index in [1.807, 2.05) is 82.6 Å². The highest BCUT2D eigenvalue weighted by atomic mass is 79.9. The number of carbonyl (C=O) groups excluding carboxylic acids is 2. The fourth-order valence-corrected chi connectivity index (χ4v) is 10.8. The lowest BCUT2D eigenvalue weighted by molar-refractivity contribution is -0.127. The van der Waals surface area contributed by atoms with Crippen LogP contribution in [0.25, 0.3) is 0 Å². The minimum Gasteiger partial charge on any atom is -0.339 e. The first-order chi connectivity index (χ1) is 23.7. The summed E-state index contributed by atoms with van der Waals surface area (Å²) in [5, 5.41) is -0.437. The van der Waals surface area contributed by atoms with Crippen molar-refractivity contribution in [1.82, 2.24) is 9.80 Å². The molecule has 9 heteroatoms. The molecule has 2 aliphatic carbocycles. The van der Waals surface area contributed by atoms with Gasteiger partial charge in [0.05, 0.1) is 10.5 Å². The number of likely N-dealkylation sites (tertiary alicyclic amines) is 2. The molecular formula is C40H40Br2Cl2N2O2S. The summed E-state index contributed by atoms with van der Waals surface area (Å²) in [5.41, 5.74) is 3.62. The van der Waals surface area contributed by atoms with Gasteiger partial charge in [-0.3, -0.25) is 9.59 Å². The second-order valence-corrected chi connectivity index (χ2v) is 17.2. The van der Waals surface area contributed by atoms with Gasteiger partial charge in [0.25, 0.3) is 0 Å². The lowest BCUT2D eigenvalue weighted by atomic mass is 9.87. The van der Waals surface area contributed by atoms with Crippen molar-refractivity contribution in [2.45, 2.75) is 58.8 Å². The Labute approximate surface area is 321 Å². The Balaban J connectivity index is 1.31. The predicted molar refractivity (Wildman–Crippen MR) is 212 cm³/mol. The van der Waals surface area contributed by atoms with Crippen molar-refractivity contribution in [1.29, 1.82) is 0 Å². The van der Waals surface area contributed by atoms with Gasteiger partial charge in [-0.15, -0.1) is 35.0 Å². The van der Waals surface area contributed by atoms with Crippen LogP contribution >= 0.6 is 66.8 Å². The molecule has 0 N–H and O–H groups in total. The number of rotatable bonds is 8. The second-order valence-electron chi connectivity index (χ2n) is 12.9. The molecule has 2 aliphatic heterocycles. The van der Waals surface area contributed by atoms with Crippen LogP contribution in [0, 0.1) is 0 Å². The van der Waals surface area contributed by atoms with Gasteiger partial charge in [-0.2, -0.15) is 0 Å². The third kappa shape index (κ3) is 8.44. The number of thioether (sulfide) groups is 1. The Morgan fingerprint density at radius 1 is 0.653 bits per heavy atom. The van der Waals surface area contributed by atoms with Gasteiger partial charge in [-0.1, -0.05) is 105 Å². The lowest BCUT2D eigenvalue weighted by Crippen LogP contribution is -2.38. The average Bonchev–Trinajstić information content (AvgIpc) is 3.12. The maximum atomic E-state index is 13.0. The molecule has 4 nitrogen and oxygen atoms in total. The molecule has 4 unspecified atom stereocenters. The summed E-state index contributed by atoms with van der Waals surface area (Å²) in [6, 6.07) is 16.0. The summed E-state index contributed by atoms with van der Waals surface area (Å²) in [6.45, 7) is 3.22. The van der Waals surface area contributed by atoms with Crippen LogP contribution in [0.2, 0.25) is 0 Å². The summed E-state index contributed by atoms with van der Waals surface area (Å²) < 4.78 is 1.81. The number of hydrogen-bond donors (Lipinski definition) is 0. The summed E-state index contributed by atoms with van der Waals surface area (Å²) in [4.78, 5) is 27.9. The monoisotopic (exact) mass is 840 g/mol. The lowest BCUT2D eigenvalue weighted by Gasteiger charge is -2.41. The van der Waals surface area contributed by atoms with Crippen LogP contribution in [0.15, 0.2) is 129 Å². The molecule has 2 heterocycles. The molecule has 2 fully saturated rings. The molecule has 4 aliphatic rings. The third-order valence-electron chi connectivity index (χ3n) is 9.55. The van der Waals surface area contributed by atoms with Crippen molar-refractivity contribution in [3.63, 3.8) is 0 Å². The minimum absolute atomic E-state index is 0.0357. The van der Waals surface area contributed by atoms with Crippen molar-refractivity contribution >= 4 is 78.6 Å². The molecule has 4 atom stereocenters. The summed E-state index contributed by atoms with van der Waals surface area (Å²) in [7, 11) is 0. The number of halogens is 4. The molecular weight excluding hydrogens is 803 g/mol. The van der Waals surface area contributed by atoms with Crippen molar-refractivity contribution in [3.05, 3.63) is 141 Å². The molecule has 0 bridgehead atoms. The number of piperidine rings is 2. The zero-order valence-corrected chi connectivity index (χ0v) is 32.7. The summed E-state index contributed by atoms with van der Waals surface area (Å²) >= 11 is 24.7. The second kappa shape index (κ2) is 16.4. The van der Waals surface area contributed by atoms with Crippen LogP contribution in [0.3, 0.4) is 0 Å². The highest BCUT2D eigenvalue weighted by Gasteiger charge is 2.46. The van der Waals surface area contributed by atoms with Gasteiger partial charge < -0.3 is 9.80 Å². The SMILES string of the molecule is O=C(C=CC1=CC(Cl)(c2ccccc2Br)C(SC2C=CC(C=CC(=O)N3CCCCC3)=CC2(Cl)c2ccccc2Br)C=C1)N1CCCCC1. The smallest absolute Gasteiger partial charge is 0.246 e.